The highest BCUT2D eigenvalue weighted by atomic mass is 19.2. The predicted molar refractivity (Wildman–Crippen MR) is 74.4 cm³/mol. The Morgan fingerprint density at radius 2 is 2.15 bits per heavy atom. The van der Waals surface area contributed by atoms with Crippen LogP contribution in [0.25, 0.3) is 0 Å². The summed E-state index contributed by atoms with van der Waals surface area (Å²) in [5, 5.41) is 3.29. The van der Waals surface area contributed by atoms with Gasteiger partial charge < -0.3 is 5.32 Å². The lowest BCUT2D eigenvalue weighted by atomic mass is 9.71. The maximum absolute atomic E-state index is 13.7. The van der Waals surface area contributed by atoms with Crippen LogP contribution < -0.4 is 5.32 Å². The van der Waals surface area contributed by atoms with E-state index in [1.165, 1.54) is 12.1 Å². The molecule has 2 rings (SSSR count). The molecule has 0 saturated carbocycles. The zero-order valence-corrected chi connectivity index (χ0v) is 12.0. The van der Waals surface area contributed by atoms with Gasteiger partial charge in [-0.1, -0.05) is 26.0 Å². The zero-order valence-electron chi connectivity index (χ0n) is 12.0. The van der Waals surface area contributed by atoms with Crippen molar-refractivity contribution in [3.8, 4) is 0 Å². The van der Waals surface area contributed by atoms with Gasteiger partial charge in [-0.3, -0.25) is 4.79 Å². The van der Waals surface area contributed by atoms with Gasteiger partial charge in [0.2, 0.25) is 0 Å². The third kappa shape index (κ3) is 3.06. The Labute approximate surface area is 118 Å². The molecule has 0 radical (unpaired) electrons. The number of nitrogens with one attached hydrogen (secondary N) is 1. The predicted octanol–water partition coefficient (Wildman–Crippen LogP) is 3.10. The highest BCUT2D eigenvalue weighted by Crippen LogP contribution is 2.34. The van der Waals surface area contributed by atoms with Crippen LogP contribution in [0.15, 0.2) is 18.2 Å². The molecular weight excluding hydrogens is 260 g/mol. The van der Waals surface area contributed by atoms with E-state index in [4.69, 9.17) is 0 Å². The molecule has 2 nitrogen and oxygen atoms in total. The fraction of sp³-hybridized carbons (Fsp3) is 0.562. The minimum atomic E-state index is -0.904. The summed E-state index contributed by atoms with van der Waals surface area (Å²) in [7, 11) is 0. The number of benzene rings is 1. The molecule has 0 spiro atoms. The van der Waals surface area contributed by atoms with Gasteiger partial charge in [0.25, 0.3) is 0 Å². The molecule has 1 N–H and O–H groups in total. The standard InChI is InChI=1S/C16H21F2NO/c1-16(2,12-6-4-8-19-10-12)14(20)9-11-5-3-7-13(17)15(11)18/h3,5,7,12,19H,4,6,8-10H2,1-2H3. The number of Topliss-reactive ketones (excluding diaryl/α,β-unsaturated/α-hetero) is 1. The largest absolute Gasteiger partial charge is 0.316 e. The van der Waals surface area contributed by atoms with Gasteiger partial charge in [-0.2, -0.15) is 0 Å². The normalized spacial score (nSPS) is 19.9. The number of carbonyl (C=O) groups is 1. The molecule has 4 heteroatoms. The first-order valence-corrected chi connectivity index (χ1v) is 7.10. The molecule has 110 valence electrons. The van der Waals surface area contributed by atoms with Gasteiger partial charge in [0.05, 0.1) is 0 Å². The van der Waals surface area contributed by atoms with Gasteiger partial charge in [0.1, 0.15) is 5.78 Å². The summed E-state index contributed by atoms with van der Waals surface area (Å²) < 4.78 is 26.8. The first-order valence-electron chi connectivity index (χ1n) is 7.10. The zero-order chi connectivity index (χ0) is 14.8. The van der Waals surface area contributed by atoms with Crippen molar-refractivity contribution < 1.29 is 13.6 Å². The molecule has 1 aromatic carbocycles. The summed E-state index contributed by atoms with van der Waals surface area (Å²) in [6.45, 7) is 5.61. The van der Waals surface area contributed by atoms with Crippen molar-refractivity contribution in [2.24, 2.45) is 11.3 Å². The highest BCUT2D eigenvalue weighted by molar-refractivity contribution is 5.86. The molecule has 1 aliphatic heterocycles. The summed E-state index contributed by atoms with van der Waals surface area (Å²) in [6.07, 6.45) is 2.00. The summed E-state index contributed by atoms with van der Waals surface area (Å²) >= 11 is 0. The summed E-state index contributed by atoms with van der Waals surface area (Å²) in [5.41, 5.74) is -0.376. The van der Waals surface area contributed by atoms with Gasteiger partial charge in [-0.15, -0.1) is 0 Å². The molecule has 1 heterocycles. The molecule has 0 aromatic heterocycles. The van der Waals surface area contributed by atoms with E-state index < -0.39 is 17.0 Å². The van der Waals surface area contributed by atoms with E-state index in [1.54, 1.807) is 0 Å². The number of rotatable bonds is 4. The quantitative estimate of drug-likeness (QED) is 0.919. The van der Waals surface area contributed by atoms with Gasteiger partial charge in [-0.05, 0) is 43.5 Å². The van der Waals surface area contributed by atoms with Crippen LogP contribution in [0, 0.1) is 23.0 Å². The number of carbonyl (C=O) groups excluding carboxylic acids is 1. The van der Waals surface area contributed by atoms with Crippen LogP contribution >= 0.6 is 0 Å². The van der Waals surface area contributed by atoms with Gasteiger partial charge in [0.15, 0.2) is 11.6 Å². The number of hydrogen-bond acceptors (Lipinski definition) is 2. The second-order valence-corrected chi connectivity index (χ2v) is 6.08. The smallest absolute Gasteiger partial charge is 0.162 e. The van der Waals surface area contributed by atoms with Crippen LogP contribution in [0.2, 0.25) is 0 Å². The minimum absolute atomic E-state index is 0.0318. The number of piperidine rings is 1. The summed E-state index contributed by atoms with van der Waals surface area (Å²) in [4.78, 5) is 12.5. The Bertz CT molecular complexity index is 493. The maximum atomic E-state index is 13.7. The SMILES string of the molecule is CC(C)(C(=O)Cc1cccc(F)c1F)C1CCCNC1. The van der Waals surface area contributed by atoms with Crippen LogP contribution in [0.5, 0.6) is 0 Å². The number of hydrogen-bond donors (Lipinski definition) is 1. The molecule has 0 bridgehead atoms. The molecule has 1 aliphatic rings. The third-order valence-corrected chi connectivity index (χ3v) is 4.42. The highest BCUT2D eigenvalue weighted by Gasteiger charge is 2.37. The molecule has 0 aliphatic carbocycles. The first-order chi connectivity index (χ1) is 9.43. The molecule has 1 saturated heterocycles. The molecular formula is C16H21F2NO. The van der Waals surface area contributed by atoms with E-state index >= 15 is 0 Å². The fourth-order valence-electron chi connectivity index (χ4n) is 2.78. The summed E-state index contributed by atoms with van der Waals surface area (Å²) in [6, 6.07) is 3.99. The van der Waals surface area contributed by atoms with E-state index in [2.05, 4.69) is 5.32 Å². The van der Waals surface area contributed by atoms with Crippen molar-refractivity contribution in [3.05, 3.63) is 35.4 Å². The average molecular weight is 281 g/mol. The Balaban J connectivity index is 2.12. The van der Waals surface area contributed by atoms with Crippen molar-refractivity contribution in [2.45, 2.75) is 33.1 Å². The lowest BCUT2D eigenvalue weighted by molar-refractivity contribution is -0.129. The van der Waals surface area contributed by atoms with Crippen molar-refractivity contribution in [1.82, 2.24) is 5.32 Å². The topological polar surface area (TPSA) is 29.1 Å². The van der Waals surface area contributed by atoms with Gasteiger partial charge in [0, 0.05) is 11.8 Å². The van der Waals surface area contributed by atoms with E-state index in [0.29, 0.717) is 0 Å². The minimum Gasteiger partial charge on any atom is -0.316 e. The van der Waals surface area contributed by atoms with Gasteiger partial charge in [-0.25, -0.2) is 8.78 Å². The second kappa shape index (κ2) is 6.00. The Kier molecular flexibility index (Phi) is 4.53. The molecule has 0 amide bonds. The van der Waals surface area contributed by atoms with E-state index in [1.807, 2.05) is 13.8 Å². The van der Waals surface area contributed by atoms with E-state index in [9.17, 15) is 13.6 Å². The van der Waals surface area contributed by atoms with Crippen LogP contribution in [0.1, 0.15) is 32.3 Å². The van der Waals surface area contributed by atoms with Crippen LogP contribution in [-0.4, -0.2) is 18.9 Å². The lowest BCUT2D eigenvalue weighted by Gasteiger charge is -2.36. The van der Waals surface area contributed by atoms with Crippen molar-refractivity contribution >= 4 is 5.78 Å². The first kappa shape index (κ1) is 15.1. The number of ketones is 1. The maximum Gasteiger partial charge on any atom is 0.162 e. The van der Waals surface area contributed by atoms with Crippen LogP contribution in [0.4, 0.5) is 8.78 Å². The number of halogens is 2. The van der Waals surface area contributed by atoms with Crippen LogP contribution in [-0.2, 0) is 11.2 Å². The third-order valence-electron chi connectivity index (χ3n) is 4.42. The molecule has 1 unspecified atom stereocenters. The molecule has 1 aromatic rings. The average Bonchev–Trinajstić information content (AvgIpc) is 2.44. The van der Waals surface area contributed by atoms with Crippen molar-refractivity contribution in [3.63, 3.8) is 0 Å². The second-order valence-electron chi connectivity index (χ2n) is 6.08. The molecule has 1 atom stereocenters. The Morgan fingerprint density at radius 1 is 1.40 bits per heavy atom. The lowest BCUT2D eigenvalue weighted by Crippen LogP contribution is -2.43. The van der Waals surface area contributed by atoms with Crippen LogP contribution in [0.3, 0.4) is 0 Å². The van der Waals surface area contributed by atoms with E-state index in [0.717, 1.165) is 32.0 Å². The van der Waals surface area contributed by atoms with Gasteiger partial charge >= 0.3 is 0 Å². The van der Waals surface area contributed by atoms with Crippen molar-refractivity contribution in [2.75, 3.05) is 13.1 Å². The summed E-state index contributed by atoms with van der Waals surface area (Å²) in [5.74, 6) is -1.58. The molecule has 20 heavy (non-hydrogen) atoms. The van der Waals surface area contributed by atoms with E-state index in [-0.39, 0.29) is 23.7 Å². The Morgan fingerprint density at radius 3 is 2.80 bits per heavy atom. The monoisotopic (exact) mass is 281 g/mol. The molecule has 1 fully saturated rings. The van der Waals surface area contributed by atoms with Crippen molar-refractivity contribution in [1.29, 1.82) is 0 Å². The Hall–Kier alpha value is -1.29. The fourth-order valence-corrected chi connectivity index (χ4v) is 2.78.